The van der Waals surface area contributed by atoms with Gasteiger partial charge in [-0.25, -0.2) is 0 Å². The highest BCUT2D eigenvalue weighted by atomic mass is 35.5. The predicted molar refractivity (Wildman–Crippen MR) is 95.9 cm³/mol. The summed E-state index contributed by atoms with van der Waals surface area (Å²) in [6, 6.07) is 10.8. The van der Waals surface area contributed by atoms with Crippen molar-refractivity contribution in [3.63, 3.8) is 0 Å². The minimum atomic E-state index is -0.0987. The Morgan fingerprint density at radius 3 is 2.65 bits per heavy atom. The second-order valence-electron chi connectivity index (χ2n) is 4.99. The van der Waals surface area contributed by atoms with Crippen LogP contribution in [-0.4, -0.2) is 19.6 Å². The van der Waals surface area contributed by atoms with Crippen LogP contribution in [0.15, 0.2) is 36.4 Å². The lowest BCUT2D eigenvalue weighted by Gasteiger charge is -2.11. The second kappa shape index (κ2) is 8.09. The van der Waals surface area contributed by atoms with Crippen LogP contribution in [0.2, 0.25) is 10.0 Å². The van der Waals surface area contributed by atoms with E-state index in [1.165, 1.54) is 0 Å². The van der Waals surface area contributed by atoms with Crippen LogP contribution in [0.3, 0.4) is 0 Å². The topological polar surface area (TPSA) is 50.4 Å². The van der Waals surface area contributed by atoms with Crippen LogP contribution < -0.4 is 15.4 Å². The fourth-order valence-electron chi connectivity index (χ4n) is 2.08. The van der Waals surface area contributed by atoms with E-state index < -0.39 is 0 Å². The molecule has 4 nitrogen and oxygen atoms in total. The first-order chi connectivity index (χ1) is 11.0. The summed E-state index contributed by atoms with van der Waals surface area (Å²) in [7, 11) is 1.54. The quantitative estimate of drug-likeness (QED) is 0.788. The lowest BCUT2D eigenvalue weighted by molar-refractivity contribution is -0.115. The van der Waals surface area contributed by atoms with Crippen molar-refractivity contribution >= 4 is 40.5 Å². The van der Waals surface area contributed by atoms with Crippen molar-refractivity contribution in [2.24, 2.45) is 0 Å². The van der Waals surface area contributed by atoms with Crippen LogP contribution >= 0.6 is 23.2 Å². The maximum absolute atomic E-state index is 12.0. The molecule has 1 amide bonds. The molecule has 0 spiro atoms. The molecule has 6 heteroatoms. The van der Waals surface area contributed by atoms with Crippen molar-refractivity contribution in [1.82, 2.24) is 0 Å². The van der Waals surface area contributed by atoms with Gasteiger partial charge in [0, 0.05) is 29.4 Å². The number of rotatable bonds is 6. The average Bonchev–Trinajstić information content (AvgIpc) is 2.51. The number of nitrogens with one attached hydrogen (secondary N) is 2. The van der Waals surface area contributed by atoms with Gasteiger partial charge < -0.3 is 15.4 Å². The van der Waals surface area contributed by atoms with Crippen molar-refractivity contribution in [2.45, 2.75) is 13.3 Å². The van der Waals surface area contributed by atoms with Crippen LogP contribution in [0.5, 0.6) is 5.75 Å². The van der Waals surface area contributed by atoms with Crippen LogP contribution in [-0.2, 0) is 4.79 Å². The highest BCUT2D eigenvalue weighted by Crippen LogP contribution is 2.27. The van der Waals surface area contributed by atoms with Gasteiger partial charge in [0.25, 0.3) is 0 Å². The number of anilines is 2. The van der Waals surface area contributed by atoms with Crippen molar-refractivity contribution in [3.05, 3.63) is 52.0 Å². The van der Waals surface area contributed by atoms with Crippen LogP contribution in [0, 0.1) is 6.92 Å². The number of methoxy groups -OCH3 is 1. The smallest absolute Gasteiger partial charge is 0.226 e. The Hall–Kier alpha value is -1.91. The van der Waals surface area contributed by atoms with Gasteiger partial charge in [-0.15, -0.1) is 0 Å². The average molecular weight is 353 g/mol. The molecule has 0 bridgehead atoms. The molecule has 2 aromatic rings. The first-order valence-electron chi connectivity index (χ1n) is 7.13. The van der Waals surface area contributed by atoms with E-state index in [9.17, 15) is 4.79 Å². The molecule has 0 unspecified atom stereocenters. The van der Waals surface area contributed by atoms with Gasteiger partial charge in [-0.3, -0.25) is 4.79 Å². The highest BCUT2D eigenvalue weighted by molar-refractivity contribution is 6.32. The molecule has 0 aliphatic carbocycles. The third-order valence-corrected chi connectivity index (χ3v) is 4.08. The van der Waals surface area contributed by atoms with Crippen molar-refractivity contribution in [1.29, 1.82) is 0 Å². The normalized spacial score (nSPS) is 10.3. The molecule has 0 saturated carbocycles. The van der Waals surface area contributed by atoms with Crippen molar-refractivity contribution < 1.29 is 9.53 Å². The van der Waals surface area contributed by atoms with E-state index in [4.69, 9.17) is 27.9 Å². The Morgan fingerprint density at radius 1 is 1.17 bits per heavy atom. The van der Waals surface area contributed by atoms with Gasteiger partial charge >= 0.3 is 0 Å². The van der Waals surface area contributed by atoms with Crippen molar-refractivity contribution in [3.8, 4) is 5.75 Å². The van der Waals surface area contributed by atoms with E-state index >= 15 is 0 Å². The van der Waals surface area contributed by atoms with E-state index in [1.54, 1.807) is 25.3 Å². The zero-order valence-corrected chi connectivity index (χ0v) is 14.5. The molecule has 122 valence electrons. The molecule has 0 aliphatic heterocycles. The molecule has 0 heterocycles. The predicted octanol–water partition coefficient (Wildman–Crippen LogP) is 4.75. The van der Waals surface area contributed by atoms with Gasteiger partial charge in [0.05, 0.1) is 12.1 Å². The monoisotopic (exact) mass is 352 g/mol. The Bertz CT molecular complexity index is 705. The summed E-state index contributed by atoms with van der Waals surface area (Å²) >= 11 is 12.1. The number of carbonyl (C=O) groups excluding carboxylic acids is 1. The minimum absolute atomic E-state index is 0.0987. The van der Waals surface area contributed by atoms with E-state index in [-0.39, 0.29) is 5.91 Å². The van der Waals surface area contributed by atoms with Gasteiger partial charge in [0.1, 0.15) is 5.75 Å². The molecule has 0 aromatic heterocycles. The van der Waals surface area contributed by atoms with E-state index in [1.807, 2.05) is 25.1 Å². The molecule has 2 N–H and O–H groups in total. The van der Waals surface area contributed by atoms with Gasteiger partial charge in [0.2, 0.25) is 5.91 Å². The van der Waals surface area contributed by atoms with Gasteiger partial charge in [-0.1, -0.05) is 29.3 Å². The minimum Gasteiger partial charge on any atom is -0.495 e. The summed E-state index contributed by atoms with van der Waals surface area (Å²) in [5, 5.41) is 7.17. The summed E-state index contributed by atoms with van der Waals surface area (Å²) in [6.07, 6.45) is 0.329. The molecule has 0 aliphatic rings. The molecule has 23 heavy (non-hydrogen) atoms. The van der Waals surface area contributed by atoms with E-state index in [0.29, 0.717) is 34.4 Å². The molecule has 0 saturated heterocycles. The number of carbonyl (C=O) groups is 1. The lowest BCUT2D eigenvalue weighted by Crippen LogP contribution is -2.16. The van der Waals surface area contributed by atoms with Crippen LogP contribution in [0.4, 0.5) is 11.4 Å². The lowest BCUT2D eigenvalue weighted by atomic mass is 10.2. The highest BCUT2D eigenvalue weighted by Gasteiger charge is 2.07. The first-order valence-corrected chi connectivity index (χ1v) is 7.89. The molecular weight excluding hydrogens is 335 g/mol. The summed E-state index contributed by atoms with van der Waals surface area (Å²) in [5.74, 6) is 0.473. The first kappa shape index (κ1) is 17.4. The third kappa shape index (κ3) is 4.78. The number of hydrogen-bond acceptors (Lipinski definition) is 3. The van der Waals surface area contributed by atoms with Crippen molar-refractivity contribution in [2.75, 3.05) is 24.3 Å². The standard InChI is InChI=1S/C17H18Cl2N2O2/c1-11-13(18)4-3-5-15(11)20-9-8-17(22)21-12-6-7-16(23-2)14(19)10-12/h3-7,10,20H,8-9H2,1-2H3,(H,21,22). The summed E-state index contributed by atoms with van der Waals surface area (Å²) in [5.41, 5.74) is 2.54. The molecule has 2 rings (SSSR count). The summed E-state index contributed by atoms with van der Waals surface area (Å²) in [4.78, 5) is 12.0. The van der Waals surface area contributed by atoms with Crippen LogP contribution in [0.25, 0.3) is 0 Å². The fraction of sp³-hybridized carbons (Fsp3) is 0.235. The summed E-state index contributed by atoms with van der Waals surface area (Å²) < 4.78 is 5.07. The molecule has 0 atom stereocenters. The zero-order chi connectivity index (χ0) is 16.8. The van der Waals surface area contributed by atoms with E-state index in [2.05, 4.69) is 10.6 Å². The number of hydrogen-bond donors (Lipinski definition) is 2. The summed E-state index contributed by atoms with van der Waals surface area (Å²) in [6.45, 7) is 2.45. The Kier molecular flexibility index (Phi) is 6.13. The number of benzene rings is 2. The SMILES string of the molecule is COc1ccc(NC(=O)CCNc2cccc(Cl)c2C)cc1Cl. The number of ether oxygens (including phenoxy) is 1. The van der Waals surface area contributed by atoms with Gasteiger partial charge in [0.15, 0.2) is 0 Å². The fourth-order valence-corrected chi connectivity index (χ4v) is 2.51. The maximum atomic E-state index is 12.0. The molecular formula is C17H18Cl2N2O2. The third-order valence-electron chi connectivity index (χ3n) is 3.37. The zero-order valence-electron chi connectivity index (χ0n) is 13.0. The van der Waals surface area contributed by atoms with Gasteiger partial charge in [-0.2, -0.15) is 0 Å². The maximum Gasteiger partial charge on any atom is 0.226 e. The Labute approximate surface area is 145 Å². The Balaban J connectivity index is 1.86. The molecule has 0 fully saturated rings. The number of amides is 1. The van der Waals surface area contributed by atoms with E-state index in [0.717, 1.165) is 11.3 Å². The Morgan fingerprint density at radius 2 is 1.96 bits per heavy atom. The molecule has 2 aromatic carbocycles. The number of halogens is 2. The largest absolute Gasteiger partial charge is 0.495 e. The molecule has 0 radical (unpaired) electrons. The van der Waals surface area contributed by atoms with Gasteiger partial charge in [-0.05, 0) is 42.8 Å². The van der Waals surface area contributed by atoms with Crippen LogP contribution in [0.1, 0.15) is 12.0 Å². The second-order valence-corrected chi connectivity index (χ2v) is 5.80.